The number of rotatable bonds is 2. The topological polar surface area (TPSA) is 55.1 Å². The minimum atomic E-state index is -0.322. The number of aromatic nitrogens is 1. The molecule has 0 aromatic carbocycles. The molecule has 0 saturated heterocycles. The highest BCUT2D eigenvalue weighted by Gasteiger charge is 2.22. The van der Waals surface area contributed by atoms with Crippen LogP contribution in [-0.4, -0.2) is 11.1 Å². The zero-order valence-corrected chi connectivity index (χ0v) is 12.2. The molecule has 4 nitrogen and oxygen atoms in total. The Balaban J connectivity index is 1.83. The number of nitrogens with zero attached hydrogens (tertiary/aromatic N) is 1. The molecule has 0 aliphatic heterocycles. The number of carbonyl (C=O) groups excluding carboxylic acids is 1. The van der Waals surface area contributed by atoms with Crippen LogP contribution < -0.4 is 5.32 Å². The number of halogens is 2. The molecule has 2 aromatic rings. The molecule has 1 aliphatic carbocycles. The molecule has 0 radical (unpaired) electrons. The molecule has 1 amide bonds. The Bertz CT molecular complexity index is 636. The fourth-order valence-corrected chi connectivity index (χ4v) is 3.61. The second-order valence-electron chi connectivity index (χ2n) is 4.34. The minimum absolute atomic E-state index is 0.322. The lowest BCUT2D eigenvalue weighted by molar-refractivity contribution is 0.102. The summed E-state index contributed by atoms with van der Waals surface area (Å²) in [7, 11) is 0. The van der Waals surface area contributed by atoms with Gasteiger partial charge in [-0.25, -0.2) is 0 Å². The molecule has 0 saturated carbocycles. The molecular weight excluding hydrogens is 307 g/mol. The van der Waals surface area contributed by atoms with Crippen molar-refractivity contribution < 1.29 is 9.32 Å². The van der Waals surface area contributed by atoms with Crippen molar-refractivity contribution in [3.05, 3.63) is 31.6 Å². The van der Waals surface area contributed by atoms with E-state index in [1.54, 1.807) is 6.07 Å². The molecule has 100 valence electrons. The Kier molecular flexibility index (Phi) is 3.52. The standard InChI is InChI=1S/C12H10Cl2N2O2S/c13-9-5-7(10(14)19-9)11(17)15-12-6-3-1-2-4-8(6)16-18-12/h5H,1-4H2,(H,15,17). The van der Waals surface area contributed by atoms with E-state index in [-0.39, 0.29) is 5.91 Å². The molecule has 0 fully saturated rings. The summed E-state index contributed by atoms with van der Waals surface area (Å²) in [4.78, 5) is 12.1. The lowest BCUT2D eigenvalue weighted by Crippen LogP contribution is -2.13. The first-order valence-electron chi connectivity index (χ1n) is 5.89. The predicted molar refractivity (Wildman–Crippen MR) is 75.4 cm³/mol. The minimum Gasteiger partial charge on any atom is -0.338 e. The van der Waals surface area contributed by atoms with E-state index in [4.69, 9.17) is 27.7 Å². The fraction of sp³-hybridized carbons (Fsp3) is 0.333. The van der Waals surface area contributed by atoms with Crippen molar-refractivity contribution in [3.8, 4) is 0 Å². The van der Waals surface area contributed by atoms with Crippen LogP contribution in [0.1, 0.15) is 34.5 Å². The summed E-state index contributed by atoms with van der Waals surface area (Å²) < 4.78 is 6.05. The molecule has 1 aliphatic rings. The normalized spacial score (nSPS) is 14.2. The van der Waals surface area contributed by atoms with Crippen LogP contribution in [0.2, 0.25) is 8.67 Å². The number of anilines is 1. The SMILES string of the molecule is O=C(Nc1onc2c1CCCC2)c1cc(Cl)sc1Cl. The predicted octanol–water partition coefficient (Wildman–Crippen LogP) is 4.17. The summed E-state index contributed by atoms with van der Waals surface area (Å²) in [5.74, 6) is 0.107. The van der Waals surface area contributed by atoms with Crippen LogP contribution in [0.5, 0.6) is 0 Å². The van der Waals surface area contributed by atoms with Gasteiger partial charge in [-0.2, -0.15) is 0 Å². The van der Waals surface area contributed by atoms with Gasteiger partial charge < -0.3 is 4.52 Å². The third-order valence-corrected chi connectivity index (χ3v) is 4.58. The summed E-state index contributed by atoms with van der Waals surface area (Å²) in [6, 6.07) is 1.55. The van der Waals surface area contributed by atoms with Crippen LogP contribution in [0.3, 0.4) is 0 Å². The Morgan fingerprint density at radius 2 is 2.16 bits per heavy atom. The number of hydrogen-bond acceptors (Lipinski definition) is 4. The lowest BCUT2D eigenvalue weighted by atomic mass is 9.98. The van der Waals surface area contributed by atoms with Gasteiger partial charge in [-0.3, -0.25) is 10.1 Å². The molecule has 3 rings (SSSR count). The van der Waals surface area contributed by atoms with E-state index in [2.05, 4.69) is 10.5 Å². The average molecular weight is 317 g/mol. The van der Waals surface area contributed by atoms with E-state index in [0.29, 0.717) is 20.1 Å². The van der Waals surface area contributed by atoms with Gasteiger partial charge in [0.1, 0.15) is 4.34 Å². The number of amides is 1. The summed E-state index contributed by atoms with van der Waals surface area (Å²) in [6.07, 6.45) is 3.98. The molecule has 0 unspecified atom stereocenters. The smallest absolute Gasteiger partial charge is 0.260 e. The highest BCUT2D eigenvalue weighted by Crippen LogP contribution is 2.33. The fourth-order valence-electron chi connectivity index (χ4n) is 2.15. The van der Waals surface area contributed by atoms with Gasteiger partial charge >= 0.3 is 0 Å². The Morgan fingerprint density at radius 1 is 1.37 bits per heavy atom. The number of hydrogen-bond donors (Lipinski definition) is 1. The highest BCUT2D eigenvalue weighted by atomic mass is 35.5. The summed E-state index contributed by atoms with van der Waals surface area (Å²) in [6.45, 7) is 0. The maximum Gasteiger partial charge on any atom is 0.260 e. The maximum atomic E-state index is 12.1. The van der Waals surface area contributed by atoms with E-state index in [9.17, 15) is 4.79 Å². The van der Waals surface area contributed by atoms with Crippen LogP contribution in [0.15, 0.2) is 10.6 Å². The molecule has 1 N–H and O–H groups in total. The molecular formula is C12H10Cl2N2O2S. The Hall–Kier alpha value is -1.04. The first-order valence-corrected chi connectivity index (χ1v) is 7.46. The lowest BCUT2D eigenvalue weighted by Gasteiger charge is -2.09. The zero-order valence-electron chi connectivity index (χ0n) is 9.83. The Labute approximate surface area is 123 Å². The largest absolute Gasteiger partial charge is 0.338 e. The first kappa shape index (κ1) is 13.0. The third-order valence-electron chi connectivity index (χ3n) is 3.09. The van der Waals surface area contributed by atoms with Crippen LogP contribution in [0.25, 0.3) is 0 Å². The van der Waals surface area contributed by atoms with E-state index >= 15 is 0 Å². The van der Waals surface area contributed by atoms with Gasteiger partial charge in [-0.05, 0) is 31.7 Å². The summed E-state index contributed by atoms with van der Waals surface area (Å²) >= 11 is 12.9. The summed E-state index contributed by atoms with van der Waals surface area (Å²) in [5.41, 5.74) is 2.30. The number of fused-ring (bicyclic) bond motifs is 1. The van der Waals surface area contributed by atoms with E-state index in [1.807, 2.05) is 0 Å². The first-order chi connectivity index (χ1) is 9.15. The third kappa shape index (κ3) is 2.50. The van der Waals surface area contributed by atoms with Crippen molar-refractivity contribution >= 4 is 46.3 Å². The maximum absolute atomic E-state index is 12.1. The number of thiophene rings is 1. The van der Waals surface area contributed by atoms with Crippen molar-refractivity contribution in [3.63, 3.8) is 0 Å². The van der Waals surface area contributed by atoms with Gasteiger partial charge in [0.2, 0.25) is 5.88 Å². The number of carbonyl (C=O) groups is 1. The second kappa shape index (κ2) is 5.15. The molecule has 0 atom stereocenters. The molecule has 19 heavy (non-hydrogen) atoms. The van der Waals surface area contributed by atoms with Crippen LogP contribution in [-0.2, 0) is 12.8 Å². The van der Waals surface area contributed by atoms with Gasteiger partial charge in [0.05, 0.1) is 15.6 Å². The monoisotopic (exact) mass is 316 g/mol. The number of nitrogens with one attached hydrogen (secondary N) is 1. The van der Waals surface area contributed by atoms with E-state index in [0.717, 1.165) is 48.3 Å². The number of aryl methyl sites for hydroxylation is 1. The molecule has 0 spiro atoms. The second-order valence-corrected chi connectivity index (χ2v) is 6.62. The van der Waals surface area contributed by atoms with E-state index < -0.39 is 0 Å². The van der Waals surface area contributed by atoms with Gasteiger partial charge in [-0.15, -0.1) is 11.3 Å². The van der Waals surface area contributed by atoms with Crippen LogP contribution in [0, 0.1) is 0 Å². The summed E-state index contributed by atoms with van der Waals surface area (Å²) in [5, 5.41) is 6.70. The van der Waals surface area contributed by atoms with Crippen molar-refractivity contribution in [2.75, 3.05) is 5.32 Å². The molecule has 2 aromatic heterocycles. The van der Waals surface area contributed by atoms with Crippen molar-refractivity contribution in [1.82, 2.24) is 5.16 Å². The average Bonchev–Trinajstić information content (AvgIpc) is 2.94. The van der Waals surface area contributed by atoms with Gasteiger partial charge in [-0.1, -0.05) is 28.4 Å². The van der Waals surface area contributed by atoms with Crippen LogP contribution >= 0.6 is 34.5 Å². The van der Waals surface area contributed by atoms with E-state index in [1.165, 1.54) is 0 Å². The van der Waals surface area contributed by atoms with Crippen molar-refractivity contribution in [1.29, 1.82) is 0 Å². The highest BCUT2D eigenvalue weighted by molar-refractivity contribution is 7.20. The van der Waals surface area contributed by atoms with Gasteiger partial charge in [0.15, 0.2) is 0 Å². The Morgan fingerprint density at radius 3 is 2.89 bits per heavy atom. The zero-order chi connectivity index (χ0) is 13.4. The van der Waals surface area contributed by atoms with Gasteiger partial charge in [0.25, 0.3) is 5.91 Å². The molecule has 7 heteroatoms. The molecule has 0 bridgehead atoms. The quantitative estimate of drug-likeness (QED) is 0.904. The van der Waals surface area contributed by atoms with Crippen LogP contribution in [0.4, 0.5) is 5.88 Å². The molecule has 2 heterocycles. The van der Waals surface area contributed by atoms with Crippen molar-refractivity contribution in [2.45, 2.75) is 25.7 Å². The van der Waals surface area contributed by atoms with Gasteiger partial charge in [0, 0.05) is 5.56 Å². The van der Waals surface area contributed by atoms with Crippen molar-refractivity contribution in [2.24, 2.45) is 0 Å².